The van der Waals surface area contributed by atoms with E-state index >= 15 is 0 Å². The van der Waals surface area contributed by atoms with E-state index in [0.717, 1.165) is 18.5 Å². The van der Waals surface area contributed by atoms with Crippen LogP contribution in [0, 0.1) is 0 Å². The number of carbonyl (C=O) groups excluding carboxylic acids is 2. The number of para-hydroxylation sites is 1. The van der Waals surface area contributed by atoms with Crippen molar-refractivity contribution in [3.8, 4) is 0 Å². The van der Waals surface area contributed by atoms with Gasteiger partial charge in [-0.1, -0.05) is 31.2 Å². The van der Waals surface area contributed by atoms with Crippen molar-refractivity contribution in [2.45, 2.75) is 45.6 Å². The fraction of sp³-hybridized carbons (Fsp3) is 0.320. The maximum atomic E-state index is 13.2. The number of fused-ring (bicyclic) bond motifs is 1. The normalized spacial score (nSPS) is 21.9. The number of hydrogen-bond donors (Lipinski definition) is 1. The quantitative estimate of drug-likeness (QED) is 0.436. The summed E-state index contributed by atoms with van der Waals surface area (Å²) in [5.74, 6) is -0.498. The fourth-order valence-corrected chi connectivity index (χ4v) is 5.11. The van der Waals surface area contributed by atoms with Gasteiger partial charge in [-0.05, 0) is 86.8 Å². The highest BCUT2D eigenvalue weighted by Crippen LogP contribution is 2.43. The molecular formula is C25H27N3O2S. The average molecular weight is 434 g/mol. The molecule has 2 heterocycles. The molecule has 0 radical (unpaired) electrons. The molecule has 2 aliphatic rings. The van der Waals surface area contributed by atoms with Crippen molar-refractivity contribution in [1.29, 1.82) is 0 Å². The number of carbonyl (C=O) groups is 2. The van der Waals surface area contributed by atoms with E-state index in [1.807, 2.05) is 24.3 Å². The van der Waals surface area contributed by atoms with Crippen LogP contribution in [0.2, 0.25) is 0 Å². The summed E-state index contributed by atoms with van der Waals surface area (Å²) in [5.41, 5.74) is 4.10. The van der Waals surface area contributed by atoms with Crippen LogP contribution < -0.4 is 15.1 Å². The lowest BCUT2D eigenvalue weighted by atomic mass is 9.79. The van der Waals surface area contributed by atoms with Crippen LogP contribution >= 0.6 is 12.2 Å². The molecule has 2 aromatic carbocycles. The number of thiocarbonyl (C=S) groups is 1. The van der Waals surface area contributed by atoms with Gasteiger partial charge in [0.15, 0.2) is 5.11 Å². The van der Waals surface area contributed by atoms with E-state index in [2.05, 4.69) is 50.0 Å². The van der Waals surface area contributed by atoms with Gasteiger partial charge in [0.2, 0.25) is 0 Å². The molecule has 4 rings (SSSR count). The second kappa shape index (κ2) is 7.93. The van der Waals surface area contributed by atoms with E-state index in [9.17, 15) is 9.59 Å². The van der Waals surface area contributed by atoms with Crippen LogP contribution in [0.15, 0.2) is 54.1 Å². The summed E-state index contributed by atoms with van der Waals surface area (Å²) in [5, 5.41) is 2.74. The van der Waals surface area contributed by atoms with Crippen LogP contribution in [0.3, 0.4) is 0 Å². The SMILES string of the molecule is CCN1c2ccc(/C=C3\C(=O)NC(=S)N(c4ccccc4)C3=O)cc2C(C)CC1(C)C. The van der Waals surface area contributed by atoms with E-state index in [1.54, 1.807) is 18.2 Å². The standard InChI is InChI=1S/C25H27N3O2S/c1-5-27-21-12-11-17(13-19(21)16(2)15-25(27,3)4)14-20-22(29)26-24(31)28(23(20)30)18-9-7-6-8-10-18/h6-14,16H,5,15H2,1-4H3,(H,26,29,31)/b20-14+. The van der Waals surface area contributed by atoms with Crippen molar-refractivity contribution in [2.75, 3.05) is 16.3 Å². The number of nitrogens with zero attached hydrogens (tertiary/aromatic N) is 2. The molecule has 2 amide bonds. The summed E-state index contributed by atoms with van der Waals surface area (Å²) in [6.07, 6.45) is 2.71. The van der Waals surface area contributed by atoms with Gasteiger partial charge in [0.1, 0.15) is 5.57 Å². The van der Waals surface area contributed by atoms with Crippen molar-refractivity contribution in [3.63, 3.8) is 0 Å². The molecule has 0 spiro atoms. The Kier molecular flexibility index (Phi) is 5.43. The van der Waals surface area contributed by atoms with Crippen molar-refractivity contribution in [3.05, 3.63) is 65.2 Å². The second-order valence-corrected chi connectivity index (χ2v) is 9.16. The van der Waals surface area contributed by atoms with Crippen molar-refractivity contribution >= 4 is 46.6 Å². The van der Waals surface area contributed by atoms with Gasteiger partial charge in [0.25, 0.3) is 11.8 Å². The van der Waals surface area contributed by atoms with Crippen molar-refractivity contribution in [1.82, 2.24) is 5.32 Å². The molecule has 1 unspecified atom stereocenters. The molecule has 6 heteroatoms. The highest BCUT2D eigenvalue weighted by molar-refractivity contribution is 7.80. The Labute approximate surface area is 188 Å². The molecule has 0 bridgehead atoms. The lowest BCUT2D eigenvalue weighted by molar-refractivity contribution is -0.122. The van der Waals surface area contributed by atoms with Gasteiger partial charge >= 0.3 is 0 Å². The number of amides is 2. The van der Waals surface area contributed by atoms with Gasteiger partial charge in [-0.25, -0.2) is 0 Å². The molecule has 5 nitrogen and oxygen atoms in total. The van der Waals surface area contributed by atoms with Crippen LogP contribution in [0.5, 0.6) is 0 Å². The van der Waals surface area contributed by atoms with Crippen LogP contribution in [0.4, 0.5) is 11.4 Å². The van der Waals surface area contributed by atoms with E-state index in [4.69, 9.17) is 12.2 Å². The summed E-state index contributed by atoms with van der Waals surface area (Å²) in [6.45, 7) is 9.88. The Morgan fingerprint density at radius 3 is 2.55 bits per heavy atom. The van der Waals surface area contributed by atoms with Gasteiger partial charge in [-0.3, -0.25) is 19.8 Å². The average Bonchev–Trinajstić information content (AvgIpc) is 2.72. The van der Waals surface area contributed by atoms with E-state index in [0.29, 0.717) is 11.6 Å². The molecular weight excluding hydrogens is 406 g/mol. The van der Waals surface area contributed by atoms with Gasteiger partial charge in [-0.15, -0.1) is 0 Å². The number of nitrogens with one attached hydrogen (secondary N) is 1. The second-order valence-electron chi connectivity index (χ2n) is 8.77. The molecule has 1 atom stereocenters. The van der Waals surface area contributed by atoms with Crippen LogP contribution in [0.25, 0.3) is 6.08 Å². The third-order valence-corrected chi connectivity index (χ3v) is 6.44. The third-order valence-electron chi connectivity index (χ3n) is 6.15. The summed E-state index contributed by atoms with van der Waals surface area (Å²) in [6, 6.07) is 15.3. The summed E-state index contributed by atoms with van der Waals surface area (Å²) in [7, 11) is 0. The molecule has 0 aliphatic carbocycles. The summed E-state index contributed by atoms with van der Waals surface area (Å²) in [4.78, 5) is 29.6. The zero-order chi connectivity index (χ0) is 22.3. The van der Waals surface area contributed by atoms with E-state index < -0.39 is 11.8 Å². The zero-order valence-electron chi connectivity index (χ0n) is 18.3. The Hall–Kier alpha value is -2.99. The van der Waals surface area contributed by atoms with Gasteiger partial charge < -0.3 is 4.90 Å². The fourth-order valence-electron chi connectivity index (χ4n) is 4.83. The monoisotopic (exact) mass is 433 g/mol. The third kappa shape index (κ3) is 3.76. The number of anilines is 2. The molecule has 160 valence electrons. The molecule has 31 heavy (non-hydrogen) atoms. The number of hydrogen-bond acceptors (Lipinski definition) is 4. The minimum atomic E-state index is -0.468. The predicted molar refractivity (Wildman–Crippen MR) is 129 cm³/mol. The molecule has 2 aliphatic heterocycles. The lowest BCUT2D eigenvalue weighted by Crippen LogP contribution is -2.54. The van der Waals surface area contributed by atoms with E-state index in [-0.39, 0.29) is 16.2 Å². The predicted octanol–water partition coefficient (Wildman–Crippen LogP) is 4.63. The smallest absolute Gasteiger partial charge is 0.270 e. The minimum Gasteiger partial charge on any atom is -0.366 e. The van der Waals surface area contributed by atoms with Crippen LogP contribution in [-0.4, -0.2) is 29.0 Å². The molecule has 1 N–H and O–H groups in total. The first-order chi connectivity index (χ1) is 14.7. The number of rotatable bonds is 3. The van der Waals surface area contributed by atoms with Gasteiger partial charge in [-0.2, -0.15) is 0 Å². The first-order valence-corrected chi connectivity index (χ1v) is 11.0. The Balaban J connectivity index is 1.73. The molecule has 1 saturated heterocycles. The first-order valence-electron chi connectivity index (χ1n) is 10.6. The highest BCUT2D eigenvalue weighted by atomic mass is 32.1. The maximum absolute atomic E-state index is 13.2. The summed E-state index contributed by atoms with van der Waals surface area (Å²) >= 11 is 5.26. The summed E-state index contributed by atoms with van der Waals surface area (Å²) < 4.78 is 0. The maximum Gasteiger partial charge on any atom is 0.270 e. The van der Waals surface area contributed by atoms with Crippen molar-refractivity contribution in [2.24, 2.45) is 0 Å². The Bertz CT molecular complexity index is 1090. The molecule has 1 fully saturated rings. The molecule has 0 saturated carbocycles. The topological polar surface area (TPSA) is 52.7 Å². The van der Waals surface area contributed by atoms with Crippen molar-refractivity contribution < 1.29 is 9.59 Å². The molecule has 0 aromatic heterocycles. The lowest BCUT2D eigenvalue weighted by Gasteiger charge is -2.47. The van der Waals surface area contributed by atoms with Gasteiger partial charge in [0, 0.05) is 17.8 Å². The largest absolute Gasteiger partial charge is 0.366 e. The van der Waals surface area contributed by atoms with E-state index in [1.165, 1.54) is 16.2 Å². The Morgan fingerprint density at radius 2 is 1.87 bits per heavy atom. The van der Waals surface area contributed by atoms with Crippen LogP contribution in [-0.2, 0) is 9.59 Å². The number of benzene rings is 2. The highest BCUT2D eigenvalue weighted by Gasteiger charge is 2.36. The zero-order valence-corrected chi connectivity index (χ0v) is 19.1. The van der Waals surface area contributed by atoms with Crippen LogP contribution in [0.1, 0.15) is 51.2 Å². The molecule has 2 aromatic rings. The van der Waals surface area contributed by atoms with Gasteiger partial charge in [0.05, 0.1) is 5.69 Å². The minimum absolute atomic E-state index is 0.0774. The Morgan fingerprint density at radius 1 is 1.16 bits per heavy atom. The first kappa shape index (κ1) is 21.2.